The van der Waals surface area contributed by atoms with Crippen molar-refractivity contribution < 1.29 is 14.3 Å². The van der Waals surface area contributed by atoms with Crippen LogP contribution in [0, 0.1) is 5.41 Å². The van der Waals surface area contributed by atoms with E-state index in [0.717, 1.165) is 0 Å². The van der Waals surface area contributed by atoms with Gasteiger partial charge in [-0.15, -0.1) is 0 Å². The molecule has 0 saturated heterocycles. The van der Waals surface area contributed by atoms with Gasteiger partial charge in [-0.25, -0.2) is 0 Å². The quantitative estimate of drug-likeness (QED) is 0.865. The minimum atomic E-state index is -0.437. The molecular weight excluding hydrogens is 230 g/mol. The Kier molecular flexibility index (Phi) is 4.89. The lowest BCUT2D eigenvalue weighted by Gasteiger charge is -2.16. The first-order valence-electron chi connectivity index (χ1n) is 5.87. The Hall–Kier alpha value is -1.84. The van der Waals surface area contributed by atoms with E-state index < -0.39 is 5.41 Å². The Morgan fingerprint density at radius 1 is 1.17 bits per heavy atom. The summed E-state index contributed by atoms with van der Waals surface area (Å²) in [6, 6.07) is 9.07. The van der Waals surface area contributed by atoms with Crippen LogP contribution < -0.4 is 10.1 Å². The van der Waals surface area contributed by atoms with E-state index in [9.17, 15) is 9.59 Å². The second-order valence-electron chi connectivity index (χ2n) is 5.05. The summed E-state index contributed by atoms with van der Waals surface area (Å²) in [6.07, 6.45) is 0. The van der Waals surface area contributed by atoms with Gasteiger partial charge < -0.3 is 10.1 Å². The van der Waals surface area contributed by atoms with Gasteiger partial charge in [0, 0.05) is 5.41 Å². The fourth-order valence-corrected chi connectivity index (χ4v) is 1.16. The average molecular weight is 249 g/mol. The van der Waals surface area contributed by atoms with Crippen molar-refractivity contribution in [2.75, 3.05) is 13.2 Å². The van der Waals surface area contributed by atoms with Crippen LogP contribution in [0.3, 0.4) is 0 Å². The van der Waals surface area contributed by atoms with E-state index in [1.54, 1.807) is 12.1 Å². The Labute approximate surface area is 107 Å². The van der Waals surface area contributed by atoms with Crippen LogP contribution in [0.4, 0.5) is 0 Å². The lowest BCUT2D eigenvalue weighted by Crippen LogP contribution is -2.37. The molecule has 0 aliphatic rings. The first-order valence-corrected chi connectivity index (χ1v) is 5.87. The van der Waals surface area contributed by atoms with Gasteiger partial charge in [0.15, 0.2) is 12.4 Å². The third-order valence-corrected chi connectivity index (χ3v) is 2.40. The average Bonchev–Trinajstić information content (AvgIpc) is 2.33. The zero-order valence-corrected chi connectivity index (χ0v) is 11.0. The van der Waals surface area contributed by atoms with Crippen molar-refractivity contribution in [1.82, 2.24) is 5.32 Å². The highest BCUT2D eigenvalue weighted by Crippen LogP contribution is 2.13. The van der Waals surface area contributed by atoms with Crippen LogP contribution in [0.2, 0.25) is 0 Å². The van der Waals surface area contributed by atoms with Crippen LogP contribution in [-0.2, 0) is 9.59 Å². The number of rotatable bonds is 5. The summed E-state index contributed by atoms with van der Waals surface area (Å²) in [5, 5.41) is 2.55. The van der Waals surface area contributed by atoms with Gasteiger partial charge in [0.1, 0.15) is 5.75 Å². The lowest BCUT2D eigenvalue weighted by molar-refractivity contribution is -0.129. The summed E-state index contributed by atoms with van der Waals surface area (Å²) in [6.45, 7) is 5.42. The molecule has 0 fully saturated rings. The number of nitrogens with one attached hydrogen (secondary N) is 1. The molecule has 1 rings (SSSR count). The predicted octanol–water partition coefficient (Wildman–Crippen LogP) is 1.80. The fraction of sp³-hybridized carbons (Fsp3) is 0.429. The maximum atomic E-state index is 11.6. The highest BCUT2D eigenvalue weighted by Gasteiger charge is 2.21. The van der Waals surface area contributed by atoms with Gasteiger partial charge in [0.05, 0.1) is 6.54 Å². The summed E-state index contributed by atoms with van der Waals surface area (Å²) in [5.41, 5.74) is -0.437. The summed E-state index contributed by atoms with van der Waals surface area (Å²) in [4.78, 5) is 23.0. The number of benzene rings is 1. The summed E-state index contributed by atoms with van der Waals surface area (Å²) in [5.74, 6) is 0.335. The topological polar surface area (TPSA) is 55.4 Å². The van der Waals surface area contributed by atoms with Crippen molar-refractivity contribution in [3.63, 3.8) is 0 Å². The number of amides is 1. The largest absolute Gasteiger partial charge is 0.484 e. The predicted molar refractivity (Wildman–Crippen MR) is 69.4 cm³/mol. The minimum absolute atomic E-state index is 0.00411. The number of hydrogen-bond donors (Lipinski definition) is 1. The molecule has 1 amide bonds. The van der Waals surface area contributed by atoms with Crippen molar-refractivity contribution in [1.29, 1.82) is 0 Å². The molecule has 98 valence electrons. The molecule has 0 bridgehead atoms. The molecule has 0 aliphatic heterocycles. The number of carbonyl (C=O) groups excluding carboxylic acids is 2. The zero-order valence-electron chi connectivity index (χ0n) is 11.0. The molecule has 4 nitrogen and oxygen atoms in total. The van der Waals surface area contributed by atoms with Crippen LogP contribution in [0.1, 0.15) is 20.8 Å². The normalized spacial score (nSPS) is 10.8. The van der Waals surface area contributed by atoms with Gasteiger partial charge in [-0.3, -0.25) is 9.59 Å². The van der Waals surface area contributed by atoms with Crippen LogP contribution in [0.15, 0.2) is 30.3 Å². The van der Waals surface area contributed by atoms with Gasteiger partial charge in [0.2, 0.25) is 0 Å². The minimum Gasteiger partial charge on any atom is -0.484 e. The molecule has 0 aliphatic carbocycles. The van der Waals surface area contributed by atoms with E-state index in [1.807, 2.05) is 39.0 Å². The van der Waals surface area contributed by atoms with Crippen LogP contribution in [-0.4, -0.2) is 24.8 Å². The third-order valence-electron chi connectivity index (χ3n) is 2.40. The van der Waals surface area contributed by atoms with Gasteiger partial charge in [-0.05, 0) is 12.1 Å². The molecule has 1 aromatic rings. The van der Waals surface area contributed by atoms with Gasteiger partial charge in [-0.2, -0.15) is 0 Å². The Morgan fingerprint density at radius 3 is 2.33 bits per heavy atom. The number of para-hydroxylation sites is 1. The van der Waals surface area contributed by atoms with Gasteiger partial charge in [0.25, 0.3) is 5.91 Å². The number of ether oxygens (including phenoxy) is 1. The zero-order chi connectivity index (χ0) is 13.6. The highest BCUT2D eigenvalue weighted by atomic mass is 16.5. The number of Topliss-reactive ketones (excluding diaryl/α,β-unsaturated/α-hetero) is 1. The molecule has 1 aromatic carbocycles. The van der Waals surface area contributed by atoms with Crippen molar-refractivity contribution >= 4 is 11.7 Å². The van der Waals surface area contributed by atoms with E-state index in [2.05, 4.69) is 5.32 Å². The summed E-state index contributed by atoms with van der Waals surface area (Å²) >= 11 is 0. The van der Waals surface area contributed by atoms with E-state index in [4.69, 9.17) is 4.74 Å². The van der Waals surface area contributed by atoms with Crippen LogP contribution in [0.25, 0.3) is 0 Å². The maximum absolute atomic E-state index is 11.6. The van der Waals surface area contributed by atoms with Gasteiger partial charge in [-0.1, -0.05) is 39.0 Å². The molecule has 0 unspecified atom stereocenters. The molecule has 0 saturated carbocycles. The van der Waals surface area contributed by atoms with E-state index in [1.165, 1.54) is 0 Å². The standard InChI is InChI=1S/C14H19NO3/c1-14(2,3)12(16)9-15-13(17)10-18-11-7-5-4-6-8-11/h4-8H,9-10H2,1-3H3,(H,15,17). The smallest absolute Gasteiger partial charge is 0.258 e. The molecule has 0 heterocycles. The van der Waals surface area contributed by atoms with Gasteiger partial charge >= 0.3 is 0 Å². The molecule has 4 heteroatoms. The van der Waals surface area contributed by atoms with Crippen molar-refractivity contribution in [2.45, 2.75) is 20.8 Å². The maximum Gasteiger partial charge on any atom is 0.258 e. The van der Waals surface area contributed by atoms with Crippen LogP contribution >= 0.6 is 0 Å². The summed E-state index contributed by atoms with van der Waals surface area (Å²) in [7, 11) is 0. The molecule has 1 N–H and O–H groups in total. The Balaban J connectivity index is 2.29. The summed E-state index contributed by atoms with van der Waals surface area (Å²) < 4.78 is 5.26. The highest BCUT2D eigenvalue weighted by molar-refractivity contribution is 5.89. The lowest BCUT2D eigenvalue weighted by atomic mass is 9.91. The molecule has 0 atom stereocenters. The molecule has 18 heavy (non-hydrogen) atoms. The van der Waals surface area contributed by atoms with E-state index in [0.29, 0.717) is 5.75 Å². The SMILES string of the molecule is CC(C)(C)C(=O)CNC(=O)COc1ccccc1. The Bertz CT molecular complexity index is 407. The monoisotopic (exact) mass is 249 g/mol. The van der Waals surface area contributed by atoms with Crippen molar-refractivity contribution in [3.05, 3.63) is 30.3 Å². The second-order valence-corrected chi connectivity index (χ2v) is 5.05. The first-order chi connectivity index (χ1) is 8.39. The molecule has 0 spiro atoms. The first kappa shape index (κ1) is 14.2. The third kappa shape index (κ3) is 4.99. The Morgan fingerprint density at radius 2 is 1.78 bits per heavy atom. The van der Waals surface area contributed by atoms with Crippen molar-refractivity contribution in [2.24, 2.45) is 5.41 Å². The van der Waals surface area contributed by atoms with Crippen LogP contribution in [0.5, 0.6) is 5.75 Å². The number of hydrogen-bond acceptors (Lipinski definition) is 3. The van der Waals surface area contributed by atoms with Crippen molar-refractivity contribution in [3.8, 4) is 5.75 Å². The number of ketones is 1. The molecule has 0 radical (unpaired) electrons. The molecule has 0 aromatic heterocycles. The van der Waals surface area contributed by atoms with E-state index in [-0.39, 0.29) is 24.8 Å². The van der Waals surface area contributed by atoms with E-state index >= 15 is 0 Å². The molecular formula is C14H19NO3. The fourth-order valence-electron chi connectivity index (χ4n) is 1.16. The second kappa shape index (κ2) is 6.19. The number of carbonyl (C=O) groups is 2.